The molecule has 0 N–H and O–H groups in total. The molecular weight excluding hydrogens is 160 g/mol. The second-order valence-electron chi connectivity index (χ2n) is 3.10. The van der Waals surface area contributed by atoms with Gasteiger partial charge in [-0.15, -0.1) is 0 Å². The Morgan fingerprint density at radius 3 is 2.45 bits per heavy atom. The normalized spacial score (nSPS) is 11.3. The highest BCUT2D eigenvalue weighted by molar-refractivity contribution is 7.80. The molecular formula is C8H16O2S. The predicted octanol–water partition coefficient (Wildman–Crippen LogP) is 1.90. The van der Waals surface area contributed by atoms with Gasteiger partial charge in [0.15, 0.2) is 0 Å². The maximum atomic E-state index is 11.2. The molecule has 0 spiro atoms. The van der Waals surface area contributed by atoms with Gasteiger partial charge in [0, 0.05) is 5.75 Å². The molecule has 0 aromatic heterocycles. The average molecular weight is 176 g/mol. The van der Waals surface area contributed by atoms with Crippen LogP contribution in [0.25, 0.3) is 0 Å². The smallest absolute Gasteiger partial charge is 0.311 e. The number of esters is 1. The minimum atomic E-state index is -0.344. The van der Waals surface area contributed by atoms with Gasteiger partial charge in [0.05, 0.1) is 5.41 Å². The van der Waals surface area contributed by atoms with E-state index < -0.39 is 0 Å². The number of carbonyl (C=O) groups excluding carboxylic acids is 1. The standard InChI is InChI=1S/C8H16O2S/c1-4-8(2,3)7(9)10-5-6-11/h11H,4-6H2,1-3H3. The van der Waals surface area contributed by atoms with Gasteiger partial charge < -0.3 is 4.74 Å². The average Bonchev–Trinajstić information content (AvgIpc) is 2.00. The summed E-state index contributed by atoms with van der Waals surface area (Å²) < 4.78 is 4.93. The number of ether oxygens (including phenoxy) is 1. The first kappa shape index (κ1) is 10.8. The lowest BCUT2D eigenvalue weighted by atomic mass is 9.91. The lowest BCUT2D eigenvalue weighted by molar-refractivity contribution is -0.153. The molecule has 0 saturated heterocycles. The van der Waals surface area contributed by atoms with Crippen LogP contribution >= 0.6 is 12.6 Å². The van der Waals surface area contributed by atoms with Crippen LogP contribution in [0.2, 0.25) is 0 Å². The summed E-state index contributed by atoms with van der Waals surface area (Å²) >= 11 is 3.94. The third-order valence-electron chi connectivity index (χ3n) is 1.76. The van der Waals surface area contributed by atoms with E-state index in [0.29, 0.717) is 12.4 Å². The third kappa shape index (κ3) is 3.65. The summed E-state index contributed by atoms with van der Waals surface area (Å²) in [6, 6.07) is 0. The summed E-state index contributed by atoms with van der Waals surface area (Å²) in [5, 5.41) is 0. The summed E-state index contributed by atoms with van der Waals surface area (Å²) in [6.07, 6.45) is 0.804. The number of hydrogen-bond donors (Lipinski definition) is 1. The molecule has 3 heteroatoms. The van der Waals surface area contributed by atoms with Crippen LogP contribution in [0.4, 0.5) is 0 Å². The number of carbonyl (C=O) groups is 1. The van der Waals surface area contributed by atoms with E-state index in [9.17, 15) is 4.79 Å². The van der Waals surface area contributed by atoms with E-state index in [2.05, 4.69) is 12.6 Å². The van der Waals surface area contributed by atoms with Gasteiger partial charge in [-0.1, -0.05) is 6.92 Å². The van der Waals surface area contributed by atoms with E-state index in [4.69, 9.17) is 4.74 Å². The first-order chi connectivity index (χ1) is 5.04. The lowest BCUT2D eigenvalue weighted by Gasteiger charge is -2.19. The highest BCUT2D eigenvalue weighted by Crippen LogP contribution is 2.21. The zero-order valence-electron chi connectivity index (χ0n) is 7.39. The van der Waals surface area contributed by atoms with Crippen molar-refractivity contribution in [1.82, 2.24) is 0 Å². The Kier molecular flexibility index (Phi) is 4.57. The van der Waals surface area contributed by atoms with E-state index in [1.54, 1.807) is 0 Å². The van der Waals surface area contributed by atoms with Gasteiger partial charge in [-0.3, -0.25) is 4.79 Å². The molecule has 0 fully saturated rings. The Morgan fingerprint density at radius 1 is 1.55 bits per heavy atom. The second-order valence-corrected chi connectivity index (χ2v) is 3.54. The first-order valence-corrected chi connectivity index (χ1v) is 4.46. The maximum absolute atomic E-state index is 11.2. The van der Waals surface area contributed by atoms with Crippen molar-refractivity contribution in [1.29, 1.82) is 0 Å². The molecule has 11 heavy (non-hydrogen) atoms. The van der Waals surface area contributed by atoms with Crippen molar-refractivity contribution in [2.45, 2.75) is 27.2 Å². The first-order valence-electron chi connectivity index (χ1n) is 3.82. The SMILES string of the molecule is CCC(C)(C)C(=O)OCCS. The molecule has 0 aromatic rings. The van der Waals surface area contributed by atoms with Crippen molar-refractivity contribution in [3.05, 3.63) is 0 Å². The van der Waals surface area contributed by atoms with Crippen molar-refractivity contribution in [2.75, 3.05) is 12.4 Å². The van der Waals surface area contributed by atoms with Crippen molar-refractivity contribution in [3.63, 3.8) is 0 Å². The number of rotatable bonds is 4. The van der Waals surface area contributed by atoms with Gasteiger partial charge in [0.25, 0.3) is 0 Å². The van der Waals surface area contributed by atoms with Gasteiger partial charge in [-0.05, 0) is 20.3 Å². The minimum absolute atomic E-state index is 0.131. The molecule has 66 valence electrons. The van der Waals surface area contributed by atoms with Crippen molar-refractivity contribution in [2.24, 2.45) is 5.41 Å². The van der Waals surface area contributed by atoms with Crippen LogP contribution in [0.15, 0.2) is 0 Å². The van der Waals surface area contributed by atoms with E-state index in [0.717, 1.165) is 6.42 Å². The van der Waals surface area contributed by atoms with Crippen LogP contribution in [-0.4, -0.2) is 18.3 Å². The summed E-state index contributed by atoms with van der Waals surface area (Å²) in [5.41, 5.74) is -0.344. The molecule has 0 rings (SSSR count). The van der Waals surface area contributed by atoms with Gasteiger partial charge in [0.2, 0.25) is 0 Å². The molecule has 0 aliphatic rings. The Balaban J connectivity index is 3.82. The summed E-state index contributed by atoms with van der Waals surface area (Å²) in [6.45, 7) is 6.15. The molecule has 0 saturated carbocycles. The molecule has 0 amide bonds. The van der Waals surface area contributed by atoms with E-state index in [1.165, 1.54) is 0 Å². The van der Waals surface area contributed by atoms with Crippen molar-refractivity contribution >= 4 is 18.6 Å². The zero-order valence-corrected chi connectivity index (χ0v) is 8.28. The van der Waals surface area contributed by atoms with Crippen LogP contribution in [-0.2, 0) is 9.53 Å². The van der Waals surface area contributed by atoms with Gasteiger partial charge >= 0.3 is 5.97 Å². The van der Waals surface area contributed by atoms with Gasteiger partial charge in [-0.2, -0.15) is 12.6 Å². The molecule has 0 bridgehead atoms. The molecule has 0 aliphatic carbocycles. The molecule has 2 nitrogen and oxygen atoms in total. The third-order valence-corrected chi connectivity index (χ3v) is 1.94. The topological polar surface area (TPSA) is 26.3 Å². The van der Waals surface area contributed by atoms with Crippen LogP contribution in [0.5, 0.6) is 0 Å². The minimum Gasteiger partial charge on any atom is -0.464 e. The molecule has 0 unspecified atom stereocenters. The second kappa shape index (κ2) is 4.65. The summed E-state index contributed by atoms with van der Waals surface area (Å²) in [5.74, 6) is 0.458. The quantitative estimate of drug-likeness (QED) is 0.523. The highest BCUT2D eigenvalue weighted by Gasteiger charge is 2.26. The fraction of sp³-hybridized carbons (Fsp3) is 0.875. The Morgan fingerprint density at radius 2 is 2.09 bits per heavy atom. The number of thiol groups is 1. The Labute approximate surface area is 73.7 Å². The van der Waals surface area contributed by atoms with Crippen LogP contribution in [0.1, 0.15) is 27.2 Å². The van der Waals surface area contributed by atoms with Gasteiger partial charge in [0.1, 0.15) is 6.61 Å². The molecule has 0 atom stereocenters. The predicted molar refractivity (Wildman–Crippen MR) is 48.9 cm³/mol. The fourth-order valence-corrected chi connectivity index (χ4v) is 0.569. The van der Waals surface area contributed by atoms with E-state index in [-0.39, 0.29) is 11.4 Å². The monoisotopic (exact) mass is 176 g/mol. The number of hydrogen-bond acceptors (Lipinski definition) is 3. The molecule has 0 aromatic carbocycles. The van der Waals surface area contributed by atoms with Gasteiger partial charge in [-0.25, -0.2) is 0 Å². The summed E-state index contributed by atoms with van der Waals surface area (Å²) in [7, 11) is 0. The maximum Gasteiger partial charge on any atom is 0.311 e. The fourth-order valence-electron chi connectivity index (χ4n) is 0.478. The molecule has 0 heterocycles. The van der Waals surface area contributed by atoms with E-state index >= 15 is 0 Å². The van der Waals surface area contributed by atoms with Crippen LogP contribution in [0.3, 0.4) is 0 Å². The largest absolute Gasteiger partial charge is 0.464 e. The van der Waals surface area contributed by atoms with Crippen molar-refractivity contribution in [3.8, 4) is 0 Å². The van der Waals surface area contributed by atoms with E-state index in [1.807, 2.05) is 20.8 Å². The van der Waals surface area contributed by atoms with Crippen LogP contribution < -0.4 is 0 Å². The Bertz CT molecular complexity index is 132. The summed E-state index contributed by atoms with van der Waals surface area (Å²) in [4.78, 5) is 11.2. The Hall–Kier alpha value is -0.180. The molecule has 0 aliphatic heterocycles. The lowest BCUT2D eigenvalue weighted by Crippen LogP contribution is -2.26. The van der Waals surface area contributed by atoms with Crippen LogP contribution in [0, 0.1) is 5.41 Å². The van der Waals surface area contributed by atoms with Crippen molar-refractivity contribution < 1.29 is 9.53 Å². The highest BCUT2D eigenvalue weighted by atomic mass is 32.1. The molecule has 0 radical (unpaired) electrons. The zero-order chi connectivity index (χ0) is 8.91.